The lowest BCUT2D eigenvalue weighted by atomic mass is 9.96. The number of hydrogen-bond donors (Lipinski definition) is 2. The van der Waals surface area contributed by atoms with Crippen LogP contribution in [0.25, 0.3) is 0 Å². The van der Waals surface area contributed by atoms with E-state index >= 15 is 0 Å². The molecule has 5 nitrogen and oxygen atoms in total. The Kier molecular flexibility index (Phi) is 6.92. The first-order valence-corrected chi connectivity index (χ1v) is 10.1. The van der Waals surface area contributed by atoms with Gasteiger partial charge >= 0.3 is 6.03 Å². The van der Waals surface area contributed by atoms with Crippen LogP contribution in [0.2, 0.25) is 0 Å². The monoisotopic (exact) mass is 357 g/mol. The Balaban J connectivity index is 1.39. The molecule has 2 N–H and O–H groups in total. The highest BCUT2D eigenvalue weighted by molar-refractivity contribution is 5.79. The van der Waals surface area contributed by atoms with Crippen molar-refractivity contribution < 1.29 is 9.59 Å². The predicted octanol–water partition coefficient (Wildman–Crippen LogP) is 3.45. The molecule has 1 saturated heterocycles. The summed E-state index contributed by atoms with van der Waals surface area (Å²) in [4.78, 5) is 26.7. The second-order valence-corrected chi connectivity index (χ2v) is 7.60. The van der Waals surface area contributed by atoms with Gasteiger partial charge in [-0.05, 0) is 31.2 Å². The highest BCUT2D eigenvalue weighted by atomic mass is 16.2. The minimum absolute atomic E-state index is 0.0145. The van der Waals surface area contributed by atoms with Crippen LogP contribution in [0.4, 0.5) is 4.79 Å². The molecule has 26 heavy (non-hydrogen) atoms. The fraction of sp³-hybridized carbons (Fsp3) is 0.619. The Labute approximate surface area is 156 Å². The van der Waals surface area contributed by atoms with Gasteiger partial charge in [0.2, 0.25) is 5.91 Å². The van der Waals surface area contributed by atoms with Gasteiger partial charge in [-0.1, -0.05) is 56.0 Å². The van der Waals surface area contributed by atoms with Crippen LogP contribution in [0.15, 0.2) is 30.3 Å². The van der Waals surface area contributed by atoms with Crippen molar-refractivity contribution in [3.63, 3.8) is 0 Å². The van der Waals surface area contributed by atoms with E-state index in [-0.39, 0.29) is 17.9 Å². The third-order valence-electron chi connectivity index (χ3n) is 5.65. The molecule has 1 saturated carbocycles. The van der Waals surface area contributed by atoms with Crippen molar-refractivity contribution in [2.45, 2.75) is 64.0 Å². The van der Waals surface area contributed by atoms with Crippen LogP contribution < -0.4 is 10.6 Å². The summed E-state index contributed by atoms with van der Waals surface area (Å²) in [7, 11) is 0. The normalized spacial score (nSPS) is 19.6. The number of benzene rings is 1. The fourth-order valence-electron chi connectivity index (χ4n) is 3.96. The molecule has 1 heterocycles. The maximum absolute atomic E-state index is 12.5. The molecule has 5 heteroatoms. The zero-order valence-electron chi connectivity index (χ0n) is 15.6. The molecule has 0 aromatic heterocycles. The van der Waals surface area contributed by atoms with Crippen LogP contribution in [0, 0.1) is 5.92 Å². The van der Waals surface area contributed by atoms with Crippen LogP contribution in [-0.2, 0) is 11.3 Å². The molecule has 142 valence electrons. The standard InChI is InChI=1S/C21H31N3O2/c25-20(22-16-17-8-4-3-5-9-17)18-12-14-24(15-13-18)21(26)23-19-10-6-1-2-7-11-19/h3-5,8-9,18-19H,1-2,6-7,10-16H2,(H,22,25)(H,23,26). The maximum Gasteiger partial charge on any atom is 0.317 e. The first-order valence-electron chi connectivity index (χ1n) is 10.1. The Hall–Kier alpha value is -2.04. The van der Waals surface area contributed by atoms with E-state index in [4.69, 9.17) is 0 Å². The van der Waals surface area contributed by atoms with E-state index in [1.165, 1.54) is 25.7 Å². The van der Waals surface area contributed by atoms with Gasteiger partial charge in [-0.3, -0.25) is 4.79 Å². The highest BCUT2D eigenvalue weighted by Gasteiger charge is 2.28. The third kappa shape index (κ3) is 5.48. The predicted molar refractivity (Wildman–Crippen MR) is 103 cm³/mol. The Morgan fingerprint density at radius 2 is 1.58 bits per heavy atom. The number of likely N-dealkylation sites (tertiary alicyclic amines) is 1. The zero-order chi connectivity index (χ0) is 18.2. The molecule has 0 radical (unpaired) electrons. The average Bonchev–Trinajstić information content (AvgIpc) is 2.95. The van der Waals surface area contributed by atoms with E-state index in [9.17, 15) is 9.59 Å². The summed E-state index contributed by atoms with van der Waals surface area (Å²) in [5.74, 6) is 0.123. The summed E-state index contributed by atoms with van der Waals surface area (Å²) in [6.07, 6.45) is 8.71. The van der Waals surface area contributed by atoms with Crippen LogP contribution in [-0.4, -0.2) is 36.0 Å². The van der Waals surface area contributed by atoms with E-state index in [2.05, 4.69) is 10.6 Å². The number of nitrogens with one attached hydrogen (secondary N) is 2. The average molecular weight is 357 g/mol. The Bertz CT molecular complexity index is 574. The van der Waals surface area contributed by atoms with E-state index < -0.39 is 0 Å². The van der Waals surface area contributed by atoms with Crippen molar-refractivity contribution in [1.82, 2.24) is 15.5 Å². The molecule has 1 aliphatic heterocycles. The number of rotatable bonds is 4. The van der Waals surface area contributed by atoms with Crippen LogP contribution in [0.3, 0.4) is 0 Å². The zero-order valence-corrected chi connectivity index (χ0v) is 15.6. The second-order valence-electron chi connectivity index (χ2n) is 7.60. The minimum atomic E-state index is 0.0145. The molecule has 1 aliphatic carbocycles. The van der Waals surface area contributed by atoms with Gasteiger partial charge in [-0.2, -0.15) is 0 Å². The van der Waals surface area contributed by atoms with Crippen molar-refractivity contribution in [2.24, 2.45) is 5.92 Å². The van der Waals surface area contributed by atoms with Gasteiger partial charge in [0.1, 0.15) is 0 Å². The quantitative estimate of drug-likeness (QED) is 0.811. The van der Waals surface area contributed by atoms with Crippen LogP contribution >= 0.6 is 0 Å². The molecule has 1 aromatic rings. The molecule has 0 bridgehead atoms. The van der Waals surface area contributed by atoms with E-state index in [0.29, 0.717) is 25.7 Å². The van der Waals surface area contributed by atoms with Crippen molar-refractivity contribution in [2.75, 3.05) is 13.1 Å². The number of piperidine rings is 1. The summed E-state index contributed by atoms with van der Waals surface area (Å²) in [6.45, 7) is 1.91. The first kappa shape index (κ1) is 18.7. The van der Waals surface area contributed by atoms with Crippen molar-refractivity contribution >= 4 is 11.9 Å². The van der Waals surface area contributed by atoms with Gasteiger partial charge in [0, 0.05) is 31.6 Å². The van der Waals surface area contributed by atoms with Crippen LogP contribution in [0.5, 0.6) is 0 Å². The first-order chi connectivity index (χ1) is 12.7. The molecule has 3 amide bonds. The van der Waals surface area contributed by atoms with Crippen molar-refractivity contribution in [3.8, 4) is 0 Å². The molecule has 2 fully saturated rings. The van der Waals surface area contributed by atoms with Gasteiger partial charge < -0.3 is 15.5 Å². The lowest BCUT2D eigenvalue weighted by molar-refractivity contribution is -0.126. The van der Waals surface area contributed by atoms with Gasteiger partial charge in [0.05, 0.1) is 0 Å². The maximum atomic E-state index is 12.5. The van der Waals surface area contributed by atoms with Crippen LogP contribution in [0.1, 0.15) is 56.9 Å². The molecule has 0 unspecified atom stereocenters. The number of hydrogen-bond acceptors (Lipinski definition) is 2. The highest BCUT2D eigenvalue weighted by Crippen LogP contribution is 2.20. The second kappa shape index (κ2) is 9.60. The van der Waals surface area contributed by atoms with Gasteiger partial charge in [0.15, 0.2) is 0 Å². The molecular formula is C21H31N3O2. The lowest BCUT2D eigenvalue weighted by Gasteiger charge is -2.32. The topological polar surface area (TPSA) is 61.4 Å². The Morgan fingerprint density at radius 1 is 0.923 bits per heavy atom. The molecule has 3 rings (SSSR count). The Morgan fingerprint density at radius 3 is 2.23 bits per heavy atom. The summed E-state index contributed by atoms with van der Waals surface area (Å²) >= 11 is 0. The molecule has 0 spiro atoms. The number of nitrogens with zero attached hydrogens (tertiary/aromatic N) is 1. The SMILES string of the molecule is O=C(NCc1ccccc1)C1CCN(C(=O)NC2CCCCCC2)CC1. The molecule has 1 aromatic carbocycles. The summed E-state index contributed by atoms with van der Waals surface area (Å²) < 4.78 is 0. The minimum Gasteiger partial charge on any atom is -0.352 e. The van der Waals surface area contributed by atoms with E-state index in [0.717, 1.165) is 31.2 Å². The lowest BCUT2D eigenvalue weighted by Crippen LogP contribution is -2.49. The molecular weight excluding hydrogens is 326 g/mol. The number of carbonyl (C=O) groups is 2. The smallest absolute Gasteiger partial charge is 0.317 e. The van der Waals surface area contributed by atoms with E-state index in [1.807, 2.05) is 35.2 Å². The molecule has 0 atom stereocenters. The summed E-state index contributed by atoms with van der Waals surface area (Å²) in [5, 5.41) is 6.23. The number of amides is 3. The van der Waals surface area contributed by atoms with Crippen molar-refractivity contribution in [3.05, 3.63) is 35.9 Å². The van der Waals surface area contributed by atoms with Gasteiger partial charge in [-0.15, -0.1) is 0 Å². The van der Waals surface area contributed by atoms with E-state index in [1.54, 1.807) is 0 Å². The summed E-state index contributed by atoms with van der Waals surface area (Å²) in [6, 6.07) is 10.3. The third-order valence-corrected chi connectivity index (χ3v) is 5.65. The van der Waals surface area contributed by atoms with Crippen molar-refractivity contribution in [1.29, 1.82) is 0 Å². The largest absolute Gasteiger partial charge is 0.352 e. The molecule has 2 aliphatic rings. The summed E-state index contributed by atoms with van der Waals surface area (Å²) in [5.41, 5.74) is 1.11. The van der Waals surface area contributed by atoms with Gasteiger partial charge in [0.25, 0.3) is 0 Å². The van der Waals surface area contributed by atoms with Gasteiger partial charge in [-0.25, -0.2) is 4.79 Å². The number of urea groups is 1. The number of carbonyl (C=O) groups excluding carboxylic acids is 2. The fourth-order valence-corrected chi connectivity index (χ4v) is 3.96.